The summed E-state index contributed by atoms with van der Waals surface area (Å²) in [6, 6.07) is -1.18. The van der Waals surface area contributed by atoms with E-state index in [1.54, 1.807) is 13.8 Å². The Kier molecular flexibility index (Phi) is 14.6. The third-order valence-electron chi connectivity index (χ3n) is 4.31. The van der Waals surface area contributed by atoms with Gasteiger partial charge in [0.1, 0.15) is 17.2 Å². The first kappa shape index (κ1) is 30.8. The Bertz CT molecular complexity index is 694. The molecule has 0 aliphatic carbocycles. The number of nitrogens with two attached hydrogens (primary N) is 3. The van der Waals surface area contributed by atoms with Gasteiger partial charge in [-0.25, -0.2) is 14.4 Å². The maximum Gasteiger partial charge on any atom is 0.408 e. The molecule has 0 radical (unpaired) electrons. The number of carbonyl (C=O) groups is 3. The largest absolute Gasteiger partial charge is 0.480 e. The number of hydrogen-bond donors (Lipinski definition) is 6. The van der Waals surface area contributed by atoms with Gasteiger partial charge < -0.3 is 42.4 Å². The maximum atomic E-state index is 12.6. The van der Waals surface area contributed by atoms with E-state index in [9.17, 15) is 19.5 Å². The Balaban J connectivity index is 5.09. The molecule has 190 valence electrons. The van der Waals surface area contributed by atoms with Crippen LogP contribution in [0.4, 0.5) is 4.79 Å². The number of nitrogens with one attached hydrogen (secondary N) is 2. The molecule has 9 N–H and O–H groups in total. The summed E-state index contributed by atoms with van der Waals surface area (Å²) >= 11 is 5.89. The van der Waals surface area contributed by atoms with Gasteiger partial charge in [0, 0.05) is 18.7 Å². The lowest BCUT2D eigenvalue weighted by atomic mass is 9.83. The predicted molar refractivity (Wildman–Crippen MR) is 132 cm³/mol. The highest BCUT2D eigenvalue weighted by atomic mass is 32.2. The summed E-state index contributed by atoms with van der Waals surface area (Å²) < 4.78 is 14.3. The first-order valence-corrected chi connectivity index (χ1v) is 11.8. The van der Waals surface area contributed by atoms with Crippen LogP contribution in [0, 0.1) is 0 Å². The molecule has 14 heteroatoms. The van der Waals surface area contributed by atoms with Crippen molar-refractivity contribution >= 4 is 53.7 Å². The van der Waals surface area contributed by atoms with Gasteiger partial charge in [0.25, 0.3) is 0 Å². The van der Waals surface area contributed by atoms with E-state index >= 15 is 0 Å². The molecule has 0 unspecified atom stereocenters. The molecule has 0 saturated heterocycles. The zero-order valence-electron chi connectivity index (χ0n) is 19.3. The van der Waals surface area contributed by atoms with Gasteiger partial charge in [-0.3, -0.25) is 0 Å². The molecule has 0 bridgehead atoms. The van der Waals surface area contributed by atoms with Crippen molar-refractivity contribution in [3.63, 3.8) is 0 Å². The molecule has 0 aromatic carbocycles. The number of amides is 1. The lowest BCUT2D eigenvalue weighted by Gasteiger charge is -2.35. The van der Waals surface area contributed by atoms with Crippen LogP contribution >= 0.6 is 24.2 Å². The fraction of sp³-hybridized carbons (Fsp3) is 0.737. The van der Waals surface area contributed by atoms with Gasteiger partial charge in [0.05, 0.1) is 0 Å². The van der Waals surface area contributed by atoms with Crippen molar-refractivity contribution in [1.82, 2.24) is 10.6 Å². The molecule has 2 atom stereocenters. The predicted octanol–water partition coefficient (Wildman–Crippen LogP) is 0.624. The Hall–Kier alpha value is -2.16. The van der Waals surface area contributed by atoms with Crippen LogP contribution in [0.5, 0.6) is 0 Å². The Morgan fingerprint density at radius 2 is 1.97 bits per heavy atom. The standard InChI is InChI=1S/C19H36N6O6S2/c1-4-33-24-12-30-15(28)19(22,8-6-9-20)11-18(2,3)31-17(29)25-13(14(26)27)7-5-10-23-16(21)32/h12-13H,4-11,20,22H2,1-3H3,(H,25,29)(H,26,27)(H3,21,23,32)/t13-,19-/m0/s1. The number of carboxylic acids is 1. The zero-order chi connectivity index (χ0) is 25.5. The highest BCUT2D eigenvalue weighted by molar-refractivity contribution is 7.98. The maximum absolute atomic E-state index is 12.6. The molecule has 0 fully saturated rings. The summed E-state index contributed by atoms with van der Waals surface area (Å²) in [6.45, 7) is 5.68. The number of hydrogen-bond acceptors (Lipinski definition) is 10. The first-order chi connectivity index (χ1) is 15.4. The minimum atomic E-state index is -1.50. The molecule has 0 saturated carbocycles. The number of alkyl carbamates (subject to hydrolysis) is 1. The van der Waals surface area contributed by atoms with Crippen LogP contribution in [0.1, 0.15) is 52.9 Å². The van der Waals surface area contributed by atoms with E-state index in [1.165, 1.54) is 11.9 Å². The van der Waals surface area contributed by atoms with Crippen molar-refractivity contribution in [2.45, 2.75) is 70.1 Å². The van der Waals surface area contributed by atoms with Gasteiger partial charge >= 0.3 is 18.0 Å². The van der Waals surface area contributed by atoms with Crippen molar-refractivity contribution in [3.05, 3.63) is 0 Å². The molecule has 0 aliphatic rings. The SMILES string of the molecule is CCSN=COC(=O)[C@](N)(CCCN)CC(C)(C)OC(=O)N[C@@H](CCCNC(N)=S)C(=O)O. The van der Waals surface area contributed by atoms with Crippen LogP contribution in [-0.4, -0.2) is 70.7 Å². The molecule has 0 rings (SSSR count). The second kappa shape index (κ2) is 15.6. The van der Waals surface area contributed by atoms with Crippen LogP contribution in [0.15, 0.2) is 4.40 Å². The highest BCUT2D eigenvalue weighted by Crippen LogP contribution is 2.27. The quantitative estimate of drug-likeness (QED) is 0.0424. The molecular formula is C19H36N6O6S2. The van der Waals surface area contributed by atoms with Crippen molar-refractivity contribution in [1.29, 1.82) is 0 Å². The number of esters is 1. The van der Waals surface area contributed by atoms with Crippen molar-refractivity contribution < 1.29 is 29.0 Å². The van der Waals surface area contributed by atoms with Gasteiger partial charge in [-0.05, 0) is 70.2 Å². The second-order valence-electron chi connectivity index (χ2n) is 7.88. The summed E-state index contributed by atoms with van der Waals surface area (Å²) in [5.41, 5.74) is 14.5. The van der Waals surface area contributed by atoms with Gasteiger partial charge in [0.2, 0.25) is 0 Å². The van der Waals surface area contributed by atoms with Crippen LogP contribution in [-0.2, 0) is 19.1 Å². The lowest BCUT2D eigenvalue weighted by Crippen LogP contribution is -2.55. The topological polar surface area (TPSA) is 204 Å². The summed E-state index contributed by atoms with van der Waals surface area (Å²) in [7, 11) is 0. The Morgan fingerprint density at radius 1 is 1.30 bits per heavy atom. The third-order valence-corrected chi connectivity index (χ3v) is 4.95. The normalized spacial score (nSPS) is 14.2. The number of thiocarbonyl (C=S) groups is 1. The highest BCUT2D eigenvalue weighted by Gasteiger charge is 2.42. The smallest absolute Gasteiger partial charge is 0.408 e. The summed E-state index contributed by atoms with van der Waals surface area (Å²) in [6.07, 6.45) is 1.13. The zero-order valence-corrected chi connectivity index (χ0v) is 20.9. The van der Waals surface area contributed by atoms with Gasteiger partial charge in [-0.15, -0.1) is 0 Å². The van der Waals surface area contributed by atoms with Crippen molar-refractivity contribution in [2.24, 2.45) is 21.6 Å². The molecule has 0 aromatic rings. The van der Waals surface area contributed by atoms with E-state index in [4.69, 9.17) is 26.7 Å². The van der Waals surface area contributed by atoms with E-state index in [-0.39, 0.29) is 24.4 Å². The van der Waals surface area contributed by atoms with Crippen LogP contribution in [0.2, 0.25) is 0 Å². The number of rotatable bonds is 16. The van der Waals surface area contributed by atoms with Crippen LogP contribution < -0.4 is 27.8 Å². The van der Waals surface area contributed by atoms with Crippen LogP contribution in [0.25, 0.3) is 0 Å². The number of ether oxygens (including phenoxy) is 2. The Morgan fingerprint density at radius 3 is 2.52 bits per heavy atom. The molecule has 1 amide bonds. The molecule has 0 heterocycles. The van der Waals surface area contributed by atoms with E-state index < -0.39 is 35.2 Å². The monoisotopic (exact) mass is 508 g/mol. The number of aliphatic carboxylic acids is 1. The van der Waals surface area contributed by atoms with Gasteiger partial charge in [-0.1, -0.05) is 6.92 Å². The fourth-order valence-electron chi connectivity index (χ4n) is 2.97. The van der Waals surface area contributed by atoms with E-state index in [1.807, 2.05) is 6.92 Å². The van der Waals surface area contributed by atoms with Gasteiger partial charge in [-0.2, -0.15) is 4.40 Å². The fourth-order valence-corrected chi connectivity index (χ4v) is 3.32. The number of nitrogens with zero attached hydrogens (tertiary/aromatic N) is 1. The summed E-state index contributed by atoms with van der Waals surface area (Å²) in [5.74, 6) is -1.24. The summed E-state index contributed by atoms with van der Waals surface area (Å²) in [4.78, 5) is 36.5. The second-order valence-corrected chi connectivity index (χ2v) is 9.36. The summed E-state index contributed by atoms with van der Waals surface area (Å²) in [5, 5.41) is 14.5. The number of carboxylic acid groups (broad SMARTS) is 1. The van der Waals surface area contributed by atoms with Gasteiger partial charge in [0.15, 0.2) is 11.5 Å². The average Bonchev–Trinajstić information content (AvgIpc) is 2.70. The third kappa shape index (κ3) is 13.9. The molecule has 12 nitrogen and oxygen atoms in total. The molecule has 0 aliphatic heterocycles. The van der Waals surface area contributed by atoms with E-state index in [0.717, 1.165) is 6.40 Å². The minimum Gasteiger partial charge on any atom is -0.480 e. The average molecular weight is 509 g/mol. The lowest BCUT2D eigenvalue weighted by molar-refractivity contribution is -0.144. The van der Waals surface area contributed by atoms with E-state index in [2.05, 4.69) is 27.2 Å². The van der Waals surface area contributed by atoms with E-state index in [0.29, 0.717) is 31.7 Å². The van der Waals surface area contributed by atoms with Crippen molar-refractivity contribution in [3.8, 4) is 0 Å². The first-order valence-electron chi connectivity index (χ1n) is 10.5. The molecule has 33 heavy (non-hydrogen) atoms. The molecule has 0 spiro atoms. The number of carbonyl (C=O) groups excluding carboxylic acids is 2. The Labute approximate surface area is 203 Å². The van der Waals surface area contributed by atoms with Crippen molar-refractivity contribution in [2.75, 3.05) is 18.8 Å². The molecular weight excluding hydrogens is 472 g/mol. The minimum absolute atomic E-state index is 0.0867. The molecule has 0 aromatic heterocycles. The van der Waals surface area contributed by atoms with Crippen LogP contribution in [0.3, 0.4) is 0 Å².